The van der Waals surface area contributed by atoms with E-state index in [1.165, 1.54) is 11.1 Å². The van der Waals surface area contributed by atoms with Crippen LogP contribution in [0.1, 0.15) is 11.1 Å². The van der Waals surface area contributed by atoms with Crippen molar-refractivity contribution in [3.8, 4) is 0 Å². The number of urea groups is 1. The molecule has 0 fully saturated rings. The lowest BCUT2D eigenvalue weighted by Crippen LogP contribution is -2.38. The summed E-state index contributed by atoms with van der Waals surface area (Å²) in [5.41, 5.74) is 3.34. The summed E-state index contributed by atoms with van der Waals surface area (Å²) in [6.07, 6.45) is 0.906. The van der Waals surface area contributed by atoms with Gasteiger partial charge in [0.05, 0.1) is 5.69 Å². The third-order valence-corrected chi connectivity index (χ3v) is 4.77. The van der Waals surface area contributed by atoms with E-state index in [-0.39, 0.29) is 6.03 Å². The molecular weight excluding hydrogens is 396 g/mol. The summed E-state index contributed by atoms with van der Waals surface area (Å²) in [5, 5.41) is 2.96. The first-order valence-electron chi connectivity index (χ1n) is 6.71. The van der Waals surface area contributed by atoms with Crippen molar-refractivity contribution in [3.05, 3.63) is 62.5 Å². The average Bonchev–Trinajstić information content (AvgIpc) is 2.50. The first kappa shape index (κ1) is 14.6. The predicted molar refractivity (Wildman–Crippen MR) is 91.4 cm³/mol. The summed E-state index contributed by atoms with van der Waals surface area (Å²) in [6.45, 7) is 1.40. The highest BCUT2D eigenvalue weighted by Crippen LogP contribution is 2.27. The average molecular weight is 410 g/mol. The van der Waals surface area contributed by atoms with Crippen molar-refractivity contribution >= 4 is 43.6 Å². The maximum Gasteiger partial charge on any atom is 0.322 e. The van der Waals surface area contributed by atoms with E-state index < -0.39 is 0 Å². The molecule has 108 valence electrons. The Balaban J connectivity index is 1.74. The minimum absolute atomic E-state index is 0.0664. The Morgan fingerprint density at radius 3 is 2.67 bits per heavy atom. The summed E-state index contributed by atoms with van der Waals surface area (Å²) >= 11 is 6.87. The van der Waals surface area contributed by atoms with Crippen molar-refractivity contribution in [1.82, 2.24) is 4.90 Å². The van der Waals surface area contributed by atoms with Gasteiger partial charge in [0.1, 0.15) is 0 Å². The zero-order valence-electron chi connectivity index (χ0n) is 11.3. The molecule has 0 spiro atoms. The van der Waals surface area contributed by atoms with Gasteiger partial charge in [-0.1, -0.05) is 40.2 Å². The van der Waals surface area contributed by atoms with Crippen LogP contribution < -0.4 is 5.32 Å². The van der Waals surface area contributed by atoms with E-state index in [0.717, 1.165) is 27.6 Å². The number of hydrogen-bond donors (Lipinski definition) is 1. The van der Waals surface area contributed by atoms with E-state index in [9.17, 15) is 4.79 Å². The summed E-state index contributed by atoms with van der Waals surface area (Å²) in [4.78, 5) is 14.3. The van der Waals surface area contributed by atoms with Crippen LogP contribution in [0, 0.1) is 0 Å². The molecule has 0 radical (unpaired) electrons. The fourth-order valence-electron chi connectivity index (χ4n) is 2.46. The number of nitrogens with one attached hydrogen (secondary N) is 1. The summed E-state index contributed by atoms with van der Waals surface area (Å²) in [5.74, 6) is 0. The Labute approximate surface area is 140 Å². The van der Waals surface area contributed by atoms with Crippen molar-refractivity contribution in [2.45, 2.75) is 13.0 Å². The lowest BCUT2D eigenvalue weighted by atomic mass is 10.0. The second-order valence-corrected chi connectivity index (χ2v) is 6.76. The Bertz CT molecular complexity index is 688. The minimum atomic E-state index is -0.0664. The number of amides is 2. The van der Waals surface area contributed by atoms with Gasteiger partial charge >= 0.3 is 6.03 Å². The van der Waals surface area contributed by atoms with Crippen molar-refractivity contribution in [3.63, 3.8) is 0 Å². The highest BCUT2D eigenvalue weighted by atomic mass is 79.9. The van der Waals surface area contributed by atoms with Gasteiger partial charge in [-0.3, -0.25) is 0 Å². The first-order chi connectivity index (χ1) is 10.1. The Kier molecular flexibility index (Phi) is 4.31. The largest absolute Gasteiger partial charge is 0.322 e. The number of fused-ring (bicyclic) bond motifs is 1. The van der Waals surface area contributed by atoms with Gasteiger partial charge < -0.3 is 10.2 Å². The Hall–Kier alpha value is -1.33. The Morgan fingerprint density at radius 2 is 1.86 bits per heavy atom. The number of halogens is 2. The normalized spacial score (nSPS) is 13.7. The van der Waals surface area contributed by atoms with Crippen LogP contribution >= 0.6 is 31.9 Å². The summed E-state index contributed by atoms with van der Waals surface area (Å²) in [7, 11) is 0. The Morgan fingerprint density at radius 1 is 1.10 bits per heavy atom. The molecular formula is C16H14Br2N2O. The lowest BCUT2D eigenvalue weighted by Gasteiger charge is -2.29. The van der Waals surface area contributed by atoms with E-state index in [1.807, 2.05) is 35.2 Å². The molecule has 1 N–H and O–H groups in total. The van der Waals surface area contributed by atoms with Crippen molar-refractivity contribution in [2.75, 3.05) is 11.9 Å². The smallest absolute Gasteiger partial charge is 0.320 e. The molecule has 0 aromatic heterocycles. The van der Waals surface area contributed by atoms with Gasteiger partial charge in [-0.05, 0) is 51.7 Å². The molecule has 0 unspecified atom stereocenters. The molecule has 5 heteroatoms. The summed E-state index contributed by atoms with van der Waals surface area (Å²) in [6, 6.07) is 13.9. The van der Waals surface area contributed by atoms with E-state index in [2.05, 4.69) is 49.3 Å². The van der Waals surface area contributed by atoms with E-state index >= 15 is 0 Å². The van der Waals surface area contributed by atoms with Crippen LogP contribution in [-0.4, -0.2) is 17.5 Å². The number of carbonyl (C=O) groups is 1. The topological polar surface area (TPSA) is 32.3 Å². The number of benzene rings is 2. The number of nitrogens with zero attached hydrogens (tertiary/aromatic N) is 1. The molecule has 21 heavy (non-hydrogen) atoms. The third kappa shape index (κ3) is 3.30. The second kappa shape index (κ2) is 6.20. The van der Waals surface area contributed by atoms with E-state index in [0.29, 0.717) is 6.54 Å². The molecule has 3 rings (SSSR count). The zero-order chi connectivity index (χ0) is 14.8. The van der Waals surface area contributed by atoms with Crippen LogP contribution in [0.25, 0.3) is 0 Å². The molecule has 1 aliphatic heterocycles. The number of hydrogen-bond acceptors (Lipinski definition) is 1. The number of rotatable bonds is 1. The fourth-order valence-corrected chi connectivity index (χ4v) is 3.16. The predicted octanol–water partition coefficient (Wildman–Crippen LogP) is 4.80. The van der Waals surface area contributed by atoms with Crippen molar-refractivity contribution in [2.24, 2.45) is 0 Å². The van der Waals surface area contributed by atoms with Gasteiger partial charge in [0, 0.05) is 22.0 Å². The first-order valence-corrected chi connectivity index (χ1v) is 8.30. The molecule has 0 aliphatic carbocycles. The second-order valence-electron chi connectivity index (χ2n) is 4.99. The fraction of sp³-hybridized carbons (Fsp3) is 0.188. The van der Waals surface area contributed by atoms with Crippen molar-refractivity contribution in [1.29, 1.82) is 0 Å². The third-order valence-electron chi connectivity index (χ3n) is 3.59. The molecule has 1 aliphatic rings. The molecule has 1 heterocycles. The maximum absolute atomic E-state index is 12.4. The molecule has 0 atom stereocenters. The van der Waals surface area contributed by atoms with E-state index in [1.54, 1.807) is 0 Å². The highest BCUT2D eigenvalue weighted by Gasteiger charge is 2.20. The van der Waals surface area contributed by atoms with Gasteiger partial charge in [-0.25, -0.2) is 4.79 Å². The van der Waals surface area contributed by atoms with Crippen LogP contribution in [0.15, 0.2) is 51.4 Å². The zero-order valence-corrected chi connectivity index (χ0v) is 14.4. The molecule has 3 nitrogen and oxygen atoms in total. The lowest BCUT2D eigenvalue weighted by molar-refractivity contribution is 0.206. The van der Waals surface area contributed by atoms with Gasteiger partial charge in [-0.15, -0.1) is 0 Å². The minimum Gasteiger partial charge on any atom is -0.320 e. The van der Waals surface area contributed by atoms with Gasteiger partial charge in [-0.2, -0.15) is 0 Å². The summed E-state index contributed by atoms with van der Waals surface area (Å²) < 4.78 is 1.81. The molecule has 0 saturated heterocycles. The van der Waals surface area contributed by atoms with Crippen LogP contribution in [0.4, 0.5) is 10.5 Å². The monoisotopic (exact) mass is 408 g/mol. The maximum atomic E-state index is 12.4. The van der Waals surface area contributed by atoms with Crippen LogP contribution in [-0.2, 0) is 13.0 Å². The molecule has 2 aromatic carbocycles. The van der Waals surface area contributed by atoms with Gasteiger partial charge in [0.25, 0.3) is 0 Å². The molecule has 2 amide bonds. The highest BCUT2D eigenvalue weighted by molar-refractivity contribution is 9.11. The standard InChI is InChI=1S/C16H14Br2N2O/c17-13-5-6-14(18)15(9-13)19-16(21)20-8-7-11-3-1-2-4-12(11)10-20/h1-6,9H,7-8,10H2,(H,19,21). The number of carbonyl (C=O) groups excluding carboxylic acids is 1. The number of anilines is 1. The molecule has 0 bridgehead atoms. The van der Waals surface area contributed by atoms with Crippen LogP contribution in [0.5, 0.6) is 0 Å². The van der Waals surface area contributed by atoms with E-state index in [4.69, 9.17) is 0 Å². The molecule has 2 aromatic rings. The quantitative estimate of drug-likeness (QED) is 0.720. The van der Waals surface area contributed by atoms with Crippen LogP contribution in [0.2, 0.25) is 0 Å². The van der Waals surface area contributed by atoms with Crippen molar-refractivity contribution < 1.29 is 4.79 Å². The van der Waals surface area contributed by atoms with Gasteiger partial charge in [0.15, 0.2) is 0 Å². The molecule has 0 saturated carbocycles. The van der Waals surface area contributed by atoms with Gasteiger partial charge in [0.2, 0.25) is 0 Å². The SMILES string of the molecule is O=C(Nc1cc(Br)ccc1Br)N1CCc2ccccc2C1. The van der Waals surface area contributed by atoms with Crippen LogP contribution in [0.3, 0.4) is 0 Å².